The van der Waals surface area contributed by atoms with Crippen LogP contribution in [0.3, 0.4) is 0 Å². The zero-order valence-electron chi connectivity index (χ0n) is 16.4. The van der Waals surface area contributed by atoms with Crippen LogP contribution in [0, 0.1) is 0 Å². The summed E-state index contributed by atoms with van der Waals surface area (Å²) in [6, 6.07) is 19.2. The molecular weight excluding hydrogens is 354 g/mol. The molecule has 0 heterocycles. The number of benzene rings is 2. The molecular formula is C22H27NO3Si. The van der Waals surface area contributed by atoms with Crippen molar-refractivity contribution in [2.45, 2.75) is 32.6 Å². The molecule has 0 unspecified atom stereocenters. The number of amides is 1. The van der Waals surface area contributed by atoms with E-state index >= 15 is 0 Å². The monoisotopic (exact) mass is 381 g/mol. The number of hydrogen-bond donors (Lipinski definition) is 1. The summed E-state index contributed by atoms with van der Waals surface area (Å²) in [6.07, 6.45) is 0. The average Bonchev–Trinajstić information content (AvgIpc) is 2.64. The number of Topliss-reactive ketones (excluding diaryl/α,β-unsaturated/α-hetero) is 1. The molecule has 0 aliphatic rings. The molecule has 0 atom stereocenters. The van der Waals surface area contributed by atoms with E-state index in [9.17, 15) is 9.59 Å². The number of carbonyl (C=O) groups is 2. The molecule has 0 aliphatic heterocycles. The van der Waals surface area contributed by atoms with E-state index in [1.807, 2.05) is 36.4 Å². The van der Waals surface area contributed by atoms with Gasteiger partial charge in [-0.15, -0.1) is 0 Å². The van der Waals surface area contributed by atoms with Crippen LogP contribution in [0.5, 0.6) is 0 Å². The molecule has 0 bridgehead atoms. The molecule has 0 aliphatic carbocycles. The number of rotatable bonds is 8. The number of allylic oxidation sites excluding steroid dienone is 1. The van der Waals surface area contributed by atoms with Gasteiger partial charge in [-0.25, -0.2) is 0 Å². The lowest BCUT2D eigenvalue weighted by Gasteiger charge is -2.19. The lowest BCUT2D eigenvalue weighted by atomic mass is 10.1. The second-order valence-corrected chi connectivity index (χ2v) is 13.2. The van der Waals surface area contributed by atoms with Crippen molar-refractivity contribution in [3.63, 3.8) is 0 Å². The first-order valence-corrected chi connectivity index (χ1v) is 12.8. The summed E-state index contributed by atoms with van der Waals surface area (Å²) >= 11 is 0. The Bertz CT molecular complexity index is 808. The van der Waals surface area contributed by atoms with Crippen molar-refractivity contribution < 1.29 is 14.3 Å². The van der Waals surface area contributed by atoms with Crippen LogP contribution in [0.4, 0.5) is 0 Å². The van der Waals surface area contributed by atoms with E-state index in [4.69, 9.17) is 4.74 Å². The minimum absolute atomic E-state index is 0.198. The van der Waals surface area contributed by atoms with Crippen LogP contribution in [-0.4, -0.2) is 26.4 Å². The second kappa shape index (κ2) is 9.32. The van der Waals surface area contributed by atoms with Gasteiger partial charge in [-0.3, -0.25) is 9.59 Å². The summed E-state index contributed by atoms with van der Waals surface area (Å²) in [6.45, 7) is 8.68. The van der Waals surface area contributed by atoms with E-state index in [1.165, 1.54) is 6.92 Å². The van der Waals surface area contributed by atoms with E-state index in [0.29, 0.717) is 17.9 Å². The van der Waals surface area contributed by atoms with E-state index < -0.39 is 8.07 Å². The van der Waals surface area contributed by atoms with Crippen LogP contribution in [0.15, 0.2) is 66.4 Å². The van der Waals surface area contributed by atoms with Crippen LogP contribution in [0.2, 0.25) is 25.7 Å². The Hall–Kier alpha value is -2.66. The summed E-state index contributed by atoms with van der Waals surface area (Å²) in [7, 11) is -1.30. The second-order valence-electron chi connectivity index (χ2n) is 7.61. The van der Waals surface area contributed by atoms with Crippen molar-refractivity contribution in [1.29, 1.82) is 0 Å². The number of nitrogens with one attached hydrogen (secondary N) is 1. The maximum atomic E-state index is 12.7. The highest BCUT2D eigenvalue weighted by atomic mass is 28.3. The van der Waals surface area contributed by atoms with Crippen LogP contribution in [0.25, 0.3) is 5.70 Å². The molecule has 0 radical (unpaired) electrons. The summed E-state index contributed by atoms with van der Waals surface area (Å²) < 4.78 is 5.88. The third kappa shape index (κ3) is 6.53. The van der Waals surface area contributed by atoms with Gasteiger partial charge in [0, 0.05) is 26.1 Å². The average molecular weight is 382 g/mol. The van der Waals surface area contributed by atoms with Crippen molar-refractivity contribution in [3.8, 4) is 0 Å². The van der Waals surface area contributed by atoms with Gasteiger partial charge in [0.15, 0.2) is 11.5 Å². The first-order valence-electron chi connectivity index (χ1n) is 9.08. The van der Waals surface area contributed by atoms with E-state index in [2.05, 4.69) is 25.0 Å². The zero-order valence-corrected chi connectivity index (χ0v) is 17.4. The Morgan fingerprint density at radius 3 is 1.89 bits per heavy atom. The Labute approximate surface area is 162 Å². The summed E-state index contributed by atoms with van der Waals surface area (Å²) in [4.78, 5) is 25.0. The van der Waals surface area contributed by atoms with Gasteiger partial charge in [-0.1, -0.05) is 68.2 Å². The fraction of sp³-hybridized carbons (Fsp3) is 0.273. The molecule has 0 aromatic heterocycles. The minimum atomic E-state index is -1.30. The summed E-state index contributed by atoms with van der Waals surface area (Å²) in [5.74, 6) is -0.288. The molecule has 142 valence electrons. The fourth-order valence-electron chi connectivity index (χ4n) is 2.45. The van der Waals surface area contributed by atoms with Crippen molar-refractivity contribution in [1.82, 2.24) is 5.32 Å². The van der Waals surface area contributed by atoms with Gasteiger partial charge in [-0.2, -0.15) is 0 Å². The van der Waals surface area contributed by atoms with Gasteiger partial charge >= 0.3 is 0 Å². The van der Waals surface area contributed by atoms with E-state index in [0.717, 1.165) is 11.6 Å². The number of carbonyl (C=O) groups excluding carboxylic acids is 2. The highest BCUT2D eigenvalue weighted by Gasteiger charge is 2.20. The zero-order chi connectivity index (χ0) is 19.9. The topological polar surface area (TPSA) is 55.4 Å². The summed E-state index contributed by atoms with van der Waals surface area (Å²) in [5, 5.41) is 2.88. The van der Waals surface area contributed by atoms with Gasteiger partial charge in [0.25, 0.3) is 5.91 Å². The standard InChI is InChI=1S/C22H27NO3Si/c1-17(24)21(26-15-16-27(2,3)4)20(18-11-7-5-8-12-18)23-22(25)19-13-9-6-10-14-19/h5-14H,15-16H2,1-4H3,(H,23,25)/b21-20+. The lowest BCUT2D eigenvalue weighted by molar-refractivity contribution is -0.116. The smallest absolute Gasteiger partial charge is 0.255 e. The fourth-order valence-corrected chi connectivity index (χ4v) is 3.16. The van der Waals surface area contributed by atoms with Crippen molar-refractivity contribution in [2.75, 3.05) is 6.61 Å². The Kier molecular flexibility index (Phi) is 7.13. The molecule has 1 amide bonds. The molecule has 0 saturated heterocycles. The number of hydrogen-bond acceptors (Lipinski definition) is 3. The van der Waals surface area contributed by atoms with Crippen LogP contribution in [0.1, 0.15) is 22.8 Å². The predicted molar refractivity (Wildman–Crippen MR) is 112 cm³/mol. The largest absolute Gasteiger partial charge is 0.488 e. The van der Waals surface area contributed by atoms with Gasteiger partial charge in [0.05, 0.1) is 12.3 Å². The molecule has 2 rings (SSSR count). The maximum absolute atomic E-state index is 12.7. The molecule has 0 fully saturated rings. The lowest BCUT2D eigenvalue weighted by Crippen LogP contribution is -2.26. The van der Waals surface area contributed by atoms with E-state index in [1.54, 1.807) is 24.3 Å². The Morgan fingerprint density at radius 1 is 0.889 bits per heavy atom. The van der Waals surface area contributed by atoms with Gasteiger partial charge < -0.3 is 10.1 Å². The molecule has 5 heteroatoms. The number of ether oxygens (including phenoxy) is 1. The van der Waals surface area contributed by atoms with Gasteiger partial charge in [-0.05, 0) is 18.2 Å². The van der Waals surface area contributed by atoms with Crippen molar-refractivity contribution in [2.24, 2.45) is 0 Å². The molecule has 2 aromatic carbocycles. The van der Waals surface area contributed by atoms with Crippen molar-refractivity contribution in [3.05, 3.63) is 77.5 Å². The molecule has 0 saturated carbocycles. The normalized spacial score (nSPS) is 12.1. The summed E-state index contributed by atoms with van der Waals surface area (Å²) in [5.41, 5.74) is 1.67. The highest BCUT2D eigenvalue weighted by molar-refractivity contribution is 6.76. The molecule has 0 spiro atoms. The van der Waals surface area contributed by atoms with Crippen LogP contribution >= 0.6 is 0 Å². The molecule has 2 aromatic rings. The number of ketones is 1. The minimum Gasteiger partial charge on any atom is -0.488 e. The first-order chi connectivity index (χ1) is 12.8. The van der Waals surface area contributed by atoms with Gasteiger partial charge in [0.1, 0.15) is 0 Å². The van der Waals surface area contributed by atoms with Crippen molar-refractivity contribution >= 4 is 25.5 Å². The quantitative estimate of drug-likeness (QED) is 0.409. The third-order valence-corrected chi connectivity index (χ3v) is 5.69. The molecule has 27 heavy (non-hydrogen) atoms. The van der Waals surface area contributed by atoms with Gasteiger partial charge in [0.2, 0.25) is 0 Å². The molecule has 4 nitrogen and oxygen atoms in total. The Morgan fingerprint density at radius 2 is 1.41 bits per heavy atom. The third-order valence-electron chi connectivity index (χ3n) is 3.98. The van der Waals surface area contributed by atoms with Crippen LogP contribution < -0.4 is 5.32 Å². The highest BCUT2D eigenvalue weighted by Crippen LogP contribution is 2.20. The first kappa shape index (κ1) is 20.6. The Balaban J connectivity index is 2.37. The SMILES string of the molecule is CC(=O)/C(OCC[Si](C)(C)C)=C(\NC(=O)c1ccccc1)c1ccccc1. The van der Waals surface area contributed by atoms with Crippen LogP contribution in [-0.2, 0) is 9.53 Å². The maximum Gasteiger partial charge on any atom is 0.255 e. The predicted octanol–water partition coefficient (Wildman–Crippen LogP) is 4.73. The van der Waals surface area contributed by atoms with E-state index in [-0.39, 0.29) is 17.4 Å². The molecule has 1 N–H and O–H groups in total.